The average Bonchev–Trinajstić information content (AvgIpc) is 2.77. The Morgan fingerprint density at radius 1 is 1.03 bits per heavy atom. The van der Waals surface area contributed by atoms with Gasteiger partial charge >= 0.3 is 0 Å². The number of ether oxygens (including phenoxy) is 1. The zero-order chi connectivity index (χ0) is 23.1. The van der Waals surface area contributed by atoms with Crippen LogP contribution in [0.2, 0.25) is 0 Å². The lowest BCUT2D eigenvalue weighted by Crippen LogP contribution is -2.23. The standard InChI is InChI=1S/C26H29N3O3/c1-18-7-12-23(22(14-18)26(2,3)4)32-17-24(30)29-21-10-8-19(9-11-21)15-28-25(31)20-6-5-13-27-16-20/h5-14,16H,15,17H2,1-4H3,(H,28,31)(H,29,30). The molecular weight excluding hydrogens is 402 g/mol. The number of pyridine rings is 1. The topological polar surface area (TPSA) is 80.3 Å². The first-order valence-electron chi connectivity index (χ1n) is 10.5. The van der Waals surface area contributed by atoms with Gasteiger partial charge in [0.25, 0.3) is 11.8 Å². The summed E-state index contributed by atoms with van der Waals surface area (Å²) in [5.74, 6) is 0.305. The van der Waals surface area contributed by atoms with Gasteiger partial charge in [-0.2, -0.15) is 0 Å². The van der Waals surface area contributed by atoms with Crippen molar-refractivity contribution in [2.45, 2.75) is 39.7 Å². The number of hydrogen-bond acceptors (Lipinski definition) is 4. The molecule has 1 aromatic heterocycles. The summed E-state index contributed by atoms with van der Waals surface area (Å²) in [7, 11) is 0. The van der Waals surface area contributed by atoms with Gasteiger partial charge in [-0.25, -0.2) is 0 Å². The van der Waals surface area contributed by atoms with Crippen molar-refractivity contribution in [3.8, 4) is 5.75 Å². The van der Waals surface area contributed by atoms with E-state index in [-0.39, 0.29) is 23.8 Å². The summed E-state index contributed by atoms with van der Waals surface area (Å²) in [5, 5.41) is 5.69. The zero-order valence-electron chi connectivity index (χ0n) is 18.9. The molecule has 2 amide bonds. The highest BCUT2D eigenvalue weighted by Crippen LogP contribution is 2.32. The number of aromatic nitrogens is 1. The second-order valence-corrected chi connectivity index (χ2v) is 8.71. The fourth-order valence-electron chi connectivity index (χ4n) is 3.18. The van der Waals surface area contributed by atoms with Gasteiger partial charge in [-0.3, -0.25) is 14.6 Å². The molecule has 0 unspecified atom stereocenters. The van der Waals surface area contributed by atoms with Crippen LogP contribution in [0.25, 0.3) is 0 Å². The van der Waals surface area contributed by atoms with E-state index in [0.29, 0.717) is 17.8 Å². The van der Waals surface area contributed by atoms with Gasteiger partial charge in [-0.15, -0.1) is 0 Å². The maximum atomic E-state index is 12.4. The third-order valence-corrected chi connectivity index (χ3v) is 4.92. The smallest absolute Gasteiger partial charge is 0.262 e. The second-order valence-electron chi connectivity index (χ2n) is 8.71. The lowest BCUT2D eigenvalue weighted by molar-refractivity contribution is -0.118. The summed E-state index contributed by atoms with van der Waals surface area (Å²) in [6, 6.07) is 16.7. The predicted octanol–water partition coefficient (Wildman–Crippen LogP) is 4.64. The van der Waals surface area contributed by atoms with Gasteiger partial charge in [-0.05, 0) is 53.8 Å². The molecule has 1 heterocycles. The maximum absolute atomic E-state index is 12.4. The quantitative estimate of drug-likeness (QED) is 0.571. The van der Waals surface area contributed by atoms with Gasteiger partial charge in [0, 0.05) is 24.6 Å². The van der Waals surface area contributed by atoms with Crippen molar-refractivity contribution >= 4 is 17.5 Å². The van der Waals surface area contributed by atoms with E-state index in [2.05, 4.69) is 42.5 Å². The number of nitrogens with zero attached hydrogens (tertiary/aromatic N) is 1. The Labute approximate surface area is 189 Å². The molecule has 0 aliphatic heterocycles. The average molecular weight is 432 g/mol. The van der Waals surface area contributed by atoms with Gasteiger partial charge in [-0.1, -0.05) is 50.6 Å². The third kappa shape index (κ3) is 6.41. The van der Waals surface area contributed by atoms with Crippen molar-refractivity contribution in [1.29, 1.82) is 0 Å². The number of carbonyl (C=O) groups excluding carboxylic acids is 2. The van der Waals surface area contributed by atoms with Crippen LogP contribution in [-0.2, 0) is 16.8 Å². The van der Waals surface area contributed by atoms with Crippen molar-refractivity contribution < 1.29 is 14.3 Å². The fourth-order valence-corrected chi connectivity index (χ4v) is 3.18. The van der Waals surface area contributed by atoms with Crippen LogP contribution in [-0.4, -0.2) is 23.4 Å². The highest BCUT2D eigenvalue weighted by molar-refractivity contribution is 5.94. The number of aryl methyl sites for hydroxylation is 1. The van der Waals surface area contributed by atoms with Gasteiger partial charge in [0.05, 0.1) is 5.56 Å². The van der Waals surface area contributed by atoms with Crippen LogP contribution in [0.1, 0.15) is 47.8 Å². The van der Waals surface area contributed by atoms with Gasteiger partial charge in [0.2, 0.25) is 0 Å². The van der Waals surface area contributed by atoms with Crippen LogP contribution in [0.3, 0.4) is 0 Å². The molecule has 0 atom stereocenters. The van der Waals surface area contributed by atoms with E-state index in [1.165, 1.54) is 6.20 Å². The number of carbonyl (C=O) groups is 2. The fraction of sp³-hybridized carbons (Fsp3) is 0.269. The number of benzene rings is 2. The van der Waals surface area contributed by atoms with E-state index in [9.17, 15) is 9.59 Å². The Balaban J connectivity index is 1.51. The zero-order valence-corrected chi connectivity index (χ0v) is 18.9. The molecule has 0 aliphatic rings. The van der Waals surface area contributed by atoms with Gasteiger partial charge in [0.15, 0.2) is 6.61 Å². The summed E-state index contributed by atoms with van der Waals surface area (Å²) in [4.78, 5) is 28.4. The third-order valence-electron chi connectivity index (χ3n) is 4.92. The predicted molar refractivity (Wildman–Crippen MR) is 126 cm³/mol. The minimum Gasteiger partial charge on any atom is -0.483 e. The van der Waals surface area contributed by atoms with Crippen LogP contribution < -0.4 is 15.4 Å². The van der Waals surface area contributed by atoms with Gasteiger partial charge in [0.1, 0.15) is 5.75 Å². The number of amides is 2. The van der Waals surface area contributed by atoms with E-state index < -0.39 is 0 Å². The highest BCUT2D eigenvalue weighted by Gasteiger charge is 2.19. The molecule has 0 spiro atoms. The minimum atomic E-state index is -0.233. The van der Waals surface area contributed by atoms with Crippen LogP contribution >= 0.6 is 0 Å². The largest absolute Gasteiger partial charge is 0.483 e. The summed E-state index contributed by atoms with van der Waals surface area (Å²) < 4.78 is 5.82. The first kappa shape index (κ1) is 23.0. The monoisotopic (exact) mass is 431 g/mol. The summed E-state index contributed by atoms with van der Waals surface area (Å²) >= 11 is 0. The molecule has 166 valence electrons. The van der Waals surface area contributed by atoms with E-state index in [1.807, 2.05) is 31.2 Å². The first-order valence-corrected chi connectivity index (χ1v) is 10.5. The molecule has 3 rings (SSSR count). The van der Waals surface area contributed by atoms with Crippen molar-refractivity contribution in [1.82, 2.24) is 10.3 Å². The van der Waals surface area contributed by atoms with E-state index in [1.54, 1.807) is 30.5 Å². The Bertz CT molecular complexity index is 1070. The number of nitrogens with one attached hydrogen (secondary N) is 2. The lowest BCUT2D eigenvalue weighted by Gasteiger charge is -2.23. The number of hydrogen-bond donors (Lipinski definition) is 2. The molecule has 0 saturated heterocycles. The SMILES string of the molecule is Cc1ccc(OCC(=O)Nc2ccc(CNC(=O)c3cccnc3)cc2)c(C(C)(C)C)c1. The molecule has 32 heavy (non-hydrogen) atoms. The van der Waals surface area contributed by atoms with Gasteiger partial charge < -0.3 is 15.4 Å². The molecule has 0 saturated carbocycles. The highest BCUT2D eigenvalue weighted by atomic mass is 16.5. The van der Waals surface area contributed by atoms with E-state index in [0.717, 1.165) is 22.4 Å². The lowest BCUT2D eigenvalue weighted by atomic mass is 9.85. The van der Waals surface area contributed by atoms with Crippen LogP contribution in [0.4, 0.5) is 5.69 Å². The number of rotatable bonds is 7. The molecule has 2 N–H and O–H groups in total. The summed E-state index contributed by atoms with van der Waals surface area (Å²) in [6.45, 7) is 8.71. The molecule has 0 aliphatic carbocycles. The maximum Gasteiger partial charge on any atom is 0.262 e. The van der Waals surface area contributed by atoms with Crippen LogP contribution in [0.15, 0.2) is 67.0 Å². The molecule has 0 radical (unpaired) electrons. The van der Waals surface area contributed by atoms with Crippen molar-refractivity contribution in [2.24, 2.45) is 0 Å². The Kier molecular flexibility index (Phi) is 7.25. The molecular formula is C26H29N3O3. The molecule has 0 fully saturated rings. The number of anilines is 1. The normalized spacial score (nSPS) is 11.0. The molecule has 6 heteroatoms. The summed E-state index contributed by atoms with van der Waals surface area (Å²) in [6.07, 6.45) is 3.15. The van der Waals surface area contributed by atoms with E-state index in [4.69, 9.17) is 4.74 Å². The molecule has 2 aromatic carbocycles. The van der Waals surface area contributed by atoms with Crippen LogP contribution in [0.5, 0.6) is 5.75 Å². The molecule has 3 aromatic rings. The Morgan fingerprint density at radius 3 is 2.44 bits per heavy atom. The minimum absolute atomic E-state index is 0.0743. The summed E-state index contributed by atoms with van der Waals surface area (Å²) in [5.41, 5.74) is 4.25. The van der Waals surface area contributed by atoms with Crippen molar-refractivity contribution in [3.05, 3.63) is 89.2 Å². The first-order chi connectivity index (χ1) is 15.2. The van der Waals surface area contributed by atoms with Crippen LogP contribution in [0, 0.1) is 6.92 Å². The van der Waals surface area contributed by atoms with Crippen molar-refractivity contribution in [2.75, 3.05) is 11.9 Å². The molecule has 6 nitrogen and oxygen atoms in total. The Morgan fingerprint density at radius 2 is 1.78 bits per heavy atom. The van der Waals surface area contributed by atoms with E-state index >= 15 is 0 Å². The van der Waals surface area contributed by atoms with Crippen molar-refractivity contribution in [3.63, 3.8) is 0 Å². The molecule has 0 bridgehead atoms. The Hall–Kier alpha value is -3.67. The second kappa shape index (κ2) is 10.1.